The van der Waals surface area contributed by atoms with E-state index < -0.39 is 75.6 Å². The van der Waals surface area contributed by atoms with Gasteiger partial charge in [0.15, 0.2) is 0 Å². The van der Waals surface area contributed by atoms with Gasteiger partial charge in [0.25, 0.3) is 0 Å². The molecule has 0 unspecified atom stereocenters. The largest absolute Gasteiger partial charge is 0.748 e. The number of nitrogens with one attached hydrogen (secondary N) is 1. The van der Waals surface area contributed by atoms with Gasteiger partial charge in [-0.3, -0.25) is 0 Å². The Hall–Kier alpha value is -5.12. The van der Waals surface area contributed by atoms with Crippen molar-refractivity contribution < 1.29 is 95.6 Å². The zero-order valence-corrected chi connectivity index (χ0v) is 43.6. The summed E-state index contributed by atoms with van der Waals surface area (Å²) < 4.78 is 211. The summed E-state index contributed by atoms with van der Waals surface area (Å²) in [6, 6.07) is 25.8. The number of benzene rings is 6. The summed E-state index contributed by atoms with van der Waals surface area (Å²) in [5.41, 5.74) is 5.55. The van der Waals surface area contributed by atoms with E-state index in [0.29, 0.717) is 52.9 Å². The van der Waals surface area contributed by atoms with Gasteiger partial charge in [-0.1, -0.05) is 77.9 Å². The van der Waals surface area contributed by atoms with Crippen molar-refractivity contribution in [3.05, 3.63) is 160 Å². The summed E-state index contributed by atoms with van der Waals surface area (Å²) in [6.45, 7) is 11.2. The third-order valence-electron chi connectivity index (χ3n) is 10.7. The molecule has 0 fully saturated rings. The number of halogens is 12. The molecule has 21 heteroatoms. The van der Waals surface area contributed by atoms with E-state index in [4.69, 9.17) is 28.2 Å². The summed E-state index contributed by atoms with van der Waals surface area (Å²) >= 11 is 0. The number of alkyl halides is 12. The standard InChI is InChI=1S/C39H37F12O2P.C12H9N.CH4O3S.Pd/c1-19(2)22-11-29(20(3)4)33(30(12-22)21(5)6)34-31(52-7)9-10-32(53-8)35(34)54(27-15-23(36(40,41)42)13-24(16-27)37(43,44)45)28-17-25(38(46,47)48)14-26(18-28)39(49,50)51;13-12-9-5-4-8-11(12)10-6-2-1-3-7-10;1-5(2,3)4;/h9-21H,1-8H3;1-6,8-9,13H;1H3,(H,2,3,4);/q;-2;;/p-1. The Kier molecular flexibility index (Phi) is 20.9. The Balaban J connectivity index is 0.000000617. The van der Waals surface area contributed by atoms with Gasteiger partial charge in [0.2, 0.25) is 0 Å². The van der Waals surface area contributed by atoms with E-state index in [9.17, 15) is 52.7 Å². The summed E-state index contributed by atoms with van der Waals surface area (Å²) in [7, 11) is -4.74. The first-order chi connectivity index (χ1) is 33.1. The summed E-state index contributed by atoms with van der Waals surface area (Å²) in [5, 5.41) is -1.90. The van der Waals surface area contributed by atoms with Crippen LogP contribution in [0.1, 0.15) is 98.2 Å². The number of hydrogen-bond acceptors (Lipinski definition) is 5. The summed E-state index contributed by atoms with van der Waals surface area (Å²) in [5.74, 6) is -0.796. The van der Waals surface area contributed by atoms with E-state index in [1.807, 2.05) is 96.1 Å². The van der Waals surface area contributed by atoms with E-state index >= 15 is 0 Å². The molecule has 6 rings (SSSR count). The van der Waals surface area contributed by atoms with Crippen molar-refractivity contribution >= 4 is 39.6 Å². The minimum atomic E-state index is -5.40. The van der Waals surface area contributed by atoms with E-state index in [1.54, 1.807) is 6.07 Å². The van der Waals surface area contributed by atoms with Gasteiger partial charge < -0.3 is 19.8 Å². The van der Waals surface area contributed by atoms with Crippen molar-refractivity contribution in [2.24, 2.45) is 0 Å². The van der Waals surface area contributed by atoms with Crippen LogP contribution in [0.15, 0.2) is 109 Å². The molecule has 73 heavy (non-hydrogen) atoms. The van der Waals surface area contributed by atoms with Crippen LogP contribution in [0.5, 0.6) is 11.5 Å². The van der Waals surface area contributed by atoms with E-state index in [1.165, 1.54) is 19.2 Å². The van der Waals surface area contributed by atoms with Gasteiger partial charge >= 0.3 is 24.7 Å². The molecule has 6 aromatic rings. The van der Waals surface area contributed by atoms with Crippen molar-refractivity contribution in [1.29, 1.82) is 0 Å². The van der Waals surface area contributed by atoms with E-state index in [2.05, 4.69) is 6.07 Å². The maximum absolute atomic E-state index is 14.3. The van der Waals surface area contributed by atoms with Crippen molar-refractivity contribution in [1.82, 2.24) is 0 Å². The fourth-order valence-corrected chi connectivity index (χ4v) is 10.1. The molecule has 0 aromatic heterocycles. The van der Waals surface area contributed by atoms with Crippen LogP contribution >= 0.6 is 7.92 Å². The fraction of sp³-hybridized carbons (Fsp3) is 0.308. The molecule has 0 bridgehead atoms. The molecule has 0 atom stereocenters. The van der Waals surface area contributed by atoms with Gasteiger partial charge in [0.05, 0.1) is 46.6 Å². The predicted octanol–water partition coefficient (Wildman–Crippen LogP) is 15.6. The zero-order chi connectivity index (χ0) is 54.5. The maximum atomic E-state index is 14.3. The number of ether oxygens (including phenoxy) is 2. The van der Waals surface area contributed by atoms with Gasteiger partial charge in [0, 0.05) is 37.5 Å². The Bertz CT molecular complexity index is 2760. The molecule has 6 aromatic carbocycles. The zero-order valence-electron chi connectivity index (χ0n) is 40.4. The average molecular weight is 1170 g/mol. The van der Waals surface area contributed by atoms with Crippen molar-refractivity contribution in [2.45, 2.75) is 84.0 Å². The topological polar surface area (TPSA) is 99.5 Å². The van der Waals surface area contributed by atoms with Gasteiger partial charge in [-0.15, -0.1) is 41.5 Å². The van der Waals surface area contributed by atoms with Crippen LogP contribution in [-0.4, -0.2) is 33.4 Å². The fourth-order valence-electron chi connectivity index (χ4n) is 7.42. The van der Waals surface area contributed by atoms with Gasteiger partial charge in [-0.05, 0) is 107 Å². The minimum absolute atomic E-state index is 0. The van der Waals surface area contributed by atoms with Crippen molar-refractivity contribution in [2.75, 3.05) is 20.5 Å². The second-order valence-corrected chi connectivity index (χ2v) is 20.7. The molecule has 400 valence electrons. The first-order valence-electron chi connectivity index (χ1n) is 21.6. The van der Waals surface area contributed by atoms with Gasteiger partial charge in [-0.25, -0.2) is 8.42 Å². The van der Waals surface area contributed by atoms with E-state index in [-0.39, 0.29) is 72.7 Å². The van der Waals surface area contributed by atoms with Crippen LogP contribution in [0.2, 0.25) is 0 Å². The molecule has 0 radical (unpaired) electrons. The minimum Gasteiger partial charge on any atom is -0.748 e. The van der Waals surface area contributed by atoms with Crippen LogP contribution in [-0.2, 0) is 55.2 Å². The molecule has 0 aliphatic carbocycles. The Morgan fingerprint density at radius 3 is 1.27 bits per heavy atom. The monoisotopic (exact) mass is 1160 g/mol. The molecular formula is C52H49F12NO5PPdS-3. The number of methoxy groups -OCH3 is 2. The quantitative estimate of drug-likeness (QED) is 0.0447. The molecule has 6 nitrogen and oxygen atoms in total. The van der Waals surface area contributed by atoms with E-state index in [0.717, 1.165) is 23.8 Å². The number of hydrogen-bond donors (Lipinski definition) is 0. The van der Waals surface area contributed by atoms with Crippen LogP contribution in [0.25, 0.3) is 28.0 Å². The molecule has 0 heterocycles. The SMILES string of the molecule is COc1ccc(OC)c(P(c2cc(C(F)(F)F)cc(C(F)(F)F)c2)c2cc(C(F)(F)F)cc(C(F)(F)F)c2)c1-c1c(C(C)C)cc(C(C)C)cc1C(C)C.CS(=O)(=O)[O-].[NH-]c1ccccc1-c1[c-]cccc1.[Pd]. The second kappa shape index (κ2) is 24.5. The molecule has 0 amide bonds. The van der Waals surface area contributed by atoms with Crippen LogP contribution in [0.4, 0.5) is 58.4 Å². The van der Waals surface area contributed by atoms with Crippen molar-refractivity contribution in [3.63, 3.8) is 0 Å². The molecule has 0 aliphatic heterocycles. The first kappa shape index (κ1) is 62.2. The maximum Gasteiger partial charge on any atom is 0.416 e. The van der Waals surface area contributed by atoms with Crippen LogP contribution in [0.3, 0.4) is 0 Å². The molecular weight excluding hydrogens is 1120 g/mol. The smallest absolute Gasteiger partial charge is 0.416 e. The third kappa shape index (κ3) is 16.4. The first-order valence-corrected chi connectivity index (χ1v) is 24.7. The predicted molar refractivity (Wildman–Crippen MR) is 256 cm³/mol. The van der Waals surface area contributed by atoms with Crippen LogP contribution < -0.4 is 25.4 Å². The van der Waals surface area contributed by atoms with Crippen molar-refractivity contribution in [3.8, 4) is 33.8 Å². The second-order valence-electron chi connectivity index (χ2n) is 17.1. The average Bonchev–Trinajstić information content (AvgIpc) is 3.27. The molecule has 1 N–H and O–H groups in total. The number of rotatable bonds is 10. The third-order valence-corrected chi connectivity index (χ3v) is 13.2. The normalized spacial score (nSPS) is 12.2. The molecule has 0 spiro atoms. The van der Waals surface area contributed by atoms with Gasteiger partial charge in [0.1, 0.15) is 11.5 Å². The van der Waals surface area contributed by atoms with Gasteiger partial charge in [-0.2, -0.15) is 58.4 Å². The molecule has 0 aliphatic rings. The molecule has 0 saturated carbocycles. The summed E-state index contributed by atoms with van der Waals surface area (Å²) in [6.07, 6.45) is -21.0. The Morgan fingerprint density at radius 2 is 0.945 bits per heavy atom. The summed E-state index contributed by atoms with van der Waals surface area (Å²) in [4.78, 5) is 0. The Labute approximate surface area is 431 Å². The molecule has 0 saturated heterocycles. The Morgan fingerprint density at radius 1 is 0.562 bits per heavy atom. The van der Waals surface area contributed by atoms with Crippen LogP contribution in [0, 0.1) is 6.07 Å².